The Bertz CT molecular complexity index is 452. The highest BCUT2D eigenvalue weighted by atomic mass is 79.9. The molecule has 0 aliphatic heterocycles. The van der Waals surface area contributed by atoms with Gasteiger partial charge < -0.3 is 4.74 Å². The Labute approximate surface area is 111 Å². The van der Waals surface area contributed by atoms with Crippen molar-refractivity contribution in [2.75, 3.05) is 7.11 Å². The molecular formula is C11H9Br2NO2. The molecule has 84 valence electrons. The minimum absolute atomic E-state index is 0.197. The van der Waals surface area contributed by atoms with Crippen LogP contribution in [0, 0.1) is 11.3 Å². The van der Waals surface area contributed by atoms with Crippen LogP contribution in [0.25, 0.3) is 0 Å². The summed E-state index contributed by atoms with van der Waals surface area (Å²) in [5, 5.41) is 9.49. The number of alkyl halides is 1. The number of rotatable bonds is 3. The van der Waals surface area contributed by atoms with Gasteiger partial charge in [0.15, 0.2) is 0 Å². The SMILES string of the molecule is COC(=O)Cc1cc(CBr)c(C#N)cc1Br. The van der Waals surface area contributed by atoms with Gasteiger partial charge in [0.2, 0.25) is 0 Å². The summed E-state index contributed by atoms with van der Waals surface area (Å²) < 4.78 is 5.35. The number of nitriles is 1. The summed E-state index contributed by atoms with van der Waals surface area (Å²) in [5.41, 5.74) is 2.28. The Morgan fingerprint density at radius 3 is 2.69 bits per heavy atom. The Kier molecular flexibility index (Phi) is 4.97. The number of ether oxygens (including phenoxy) is 1. The molecule has 0 aromatic heterocycles. The fraction of sp³-hybridized carbons (Fsp3) is 0.273. The average molecular weight is 347 g/mol. The third-order valence-electron chi connectivity index (χ3n) is 2.10. The second kappa shape index (κ2) is 6.02. The smallest absolute Gasteiger partial charge is 0.310 e. The minimum Gasteiger partial charge on any atom is -0.469 e. The molecule has 0 aliphatic carbocycles. The van der Waals surface area contributed by atoms with E-state index >= 15 is 0 Å². The fourth-order valence-electron chi connectivity index (χ4n) is 1.25. The summed E-state index contributed by atoms with van der Waals surface area (Å²) >= 11 is 6.64. The van der Waals surface area contributed by atoms with Crippen LogP contribution in [0.2, 0.25) is 0 Å². The van der Waals surface area contributed by atoms with Crippen LogP contribution >= 0.6 is 31.9 Å². The Hall–Kier alpha value is -0.860. The van der Waals surface area contributed by atoms with E-state index < -0.39 is 0 Å². The average Bonchev–Trinajstić information content (AvgIpc) is 2.30. The first-order chi connectivity index (χ1) is 7.62. The highest BCUT2D eigenvalue weighted by Gasteiger charge is 2.11. The molecule has 3 nitrogen and oxygen atoms in total. The van der Waals surface area contributed by atoms with Crippen LogP contribution in [-0.4, -0.2) is 13.1 Å². The van der Waals surface area contributed by atoms with E-state index in [0.29, 0.717) is 10.9 Å². The van der Waals surface area contributed by atoms with Crippen LogP contribution in [0.3, 0.4) is 0 Å². The summed E-state index contributed by atoms with van der Waals surface area (Å²) in [6, 6.07) is 5.65. The highest BCUT2D eigenvalue weighted by Crippen LogP contribution is 2.24. The van der Waals surface area contributed by atoms with Crippen molar-refractivity contribution >= 4 is 37.8 Å². The zero-order valence-electron chi connectivity index (χ0n) is 8.59. The van der Waals surface area contributed by atoms with Gasteiger partial charge in [-0.1, -0.05) is 37.9 Å². The van der Waals surface area contributed by atoms with Crippen LogP contribution in [0.4, 0.5) is 0 Å². The topological polar surface area (TPSA) is 50.1 Å². The Morgan fingerprint density at radius 1 is 1.50 bits per heavy atom. The summed E-state index contributed by atoms with van der Waals surface area (Å²) in [5.74, 6) is -0.300. The molecule has 0 saturated carbocycles. The molecule has 0 atom stereocenters. The third kappa shape index (κ3) is 3.06. The fourth-order valence-corrected chi connectivity index (χ4v) is 2.19. The van der Waals surface area contributed by atoms with E-state index in [9.17, 15) is 4.79 Å². The van der Waals surface area contributed by atoms with Gasteiger partial charge in [0, 0.05) is 9.80 Å². The van der Waals surface area contributed by atoms with Crippen LogP contribution in [-0.2, 0) is 21.3 Å². The van der Waals surface area contributed by atoms with Crippen LogP contribution < -0.4 is 0 Å². The van der Waals surface area contributed by atoms with Gasteiger partial charge >= 0.3 is 5.97 Å². The lowest BCUT2D eigenvalue weighted by Gasteiger charge is -2.07. The standard InChI is InChI=1S/C11H9Br2NO2/c1-16-11(15)4-7-2-8(5-12)9(6-14)3-10(7)13/h2-3H,4-5H2,1H3. The molecule has 1 aromatic rings. The number of esters is 1. The molecule has 5 heteroatoms. The molecular weight excluding hydrogens is 338 g/mol. The maximum Gasteiger partial charge on any atom is 0.310 e. The van der Waals surface area contributed by atoms with Gasteiger partial charge in [0.1, 0.15) is 0 Å². The summed E-state index contributed by atoms with van der Waals surface area (Å²) in [7, 11) is 1.35. The first kappa shape index (κ1) is 13.2. The molecule has 1 aromatic carbocycles. The van der Waals surface area contributed by atoms with Crippen molar-refractivity contribution < 1.29 is 9.53 Å². The molecule has 0 spiro atoms. The highest BCUT2D eigenvalue weighted by molar-refractivity contribution is 9.10. The van der Waals surface area contributed by atoms with Gasteiger partial charge in [-0.3, -0.25) is 4.79 Å². The van der Waals surface area contributed by atoms with Gasteiger partial charge in [0.05, 0.1) is 25.2 Å². The zero-order valence-corrected chi connectivity index (χ0v) is 11.8. The predicted octanol–water partition coefficient (Wildman–Crippen LogP) is 2.93. The van der Waals surface area contributed by atoms with Gasteiger partial charge in [-0.05, 0) is 17.2 Å². The lowest BCUT2D eigenvalue weighted by atomic mass is 10.0. The molecule has 0 radical (unpaired) electrons. The molecule has 0 fully saturated rings. The van der Waals surface area contributed by atoms with Crippen molar-refractivity contribution in [3.63, 3.8) is 0 Å². The van der Waals surface area contributed by atoms with Crippen molar-refractivity contribution in [3.8, 4) is 6.07 Å². The van der Waals surface area contributed by atoms with E-state index in [2.05, 4.69) is 42.7 Å². The monoisotopic (exact) mass is 345 g/mol. The van der Waals surface area contributed by atoms with Gasteiger partial charge in [0.25, 0.3) is 0 Å². The molecule has 0 unspecified atom stereocenters. The van der Waals surface area contributed by atoms with E-state index in [1.807, 2.05) is 6.07 Å². The number of halogens is 2. The minimum atomic E-state index is -0.300. The van der Waals surface area contributed by atoms with Gasteiger partial charge in [-0.15, -0.1) is 0 Å². The van der Waals surface area contributed by atoms with E-state index in [1.54, 1.807) is 6.07 Å². The van der Waals surface area contributed by atoms with E-state index in [4.69, 9.17) is 5.26 Å². The number of carbonyl (C=O) groups is 1. The largest absolute Gasteiger partial charge is 0.469 e. The second-order valence-electron chi connectivity index (χ2n) is 3.10. The number of hydrogen-bond donors (Lipinski definition) is 0. The molecule has 0 saturated heterocycles. The molecule has 0 aliphatic rings. The normalized spacial score (nSPS) is 9.62. The quantitative estimate of drug-likeness (QED) is 0.624. The number of nitrogens with zero attached hydrogens (tertiary/aromatic N) is 1. The lowest BCUT2D eigenvalue weighted by molar-refractivity contribution is -0.139. The van der Waals surface area contributed by atoms with Crippen molar-refractivity contribution in [1.82, 2.24) is 0 Å². The molecule has 0 heterocycles. The summed E-state index contributed by atoms with van der Waals surface area (Å²) in [6.07, 6.45) is 0.197. The first-order valence-electron chi connectivity index (χ1n) is 4.46. The predicted molar refractivity (Wildman–Crippen MR) is 67.2 cm³/mol. The number of carbonyl (C=O) groups excluding carboxylic acids is 1. The first-order valence-corrected chi connectivity index (χ1v) is 6.38. The summed E-state index contributed by atoms with van der Waals surface area (Å²) in [6.45, 7) is 0. The maximum atomic E-state index is 11.2. The van der Waals surface area contributed by atoms with Crippen LogP contribution in [0.5, 0.6) is 0 Å². The van der Waals surface area contributed by atoms with E-state index in [0.717, 1.165) is 15.6 Å². The van der Waals surface area contributed by atoms with Crippen molar-refractivity contribution in [2.24, 2.45) is 0 Å². The lowest BCUT2D eigenvalue weighted by Crippen LogP contribution is -2.06. The van der Waals surface area contributed by atoms with Crippen molar-refractivity contribution in [3.05, 3.63) is 33.3 Å². The number of methoxy groups -OCH3 is 1. The van der Waals surface area contributed by atoms with Crippen molar-refractivity contribution in [2.45, 2.75) is 11.8 Å². The van der Waals surface area contributed by atoms with Gasteiger partial charge in [-0.2, -0.15) is 5.26 Å². The zero-order chi connectivity index (χ0) is 12.1. The molecule has 0 N–H and O–H groups in total. The third-order valence-corrected chi connectivity index (χ3v) is 3.44. The van der Waals surface area contributed by atoms with Crippen molar-refractivity contribution in [1.29, 1.82) is 5.26 Å². The Balaban J connectivity index is 3.12. The second-order valence-corrected chi connectivity index (χ2v) is 4.51. The Morgan fingerprint density at radius 2 is 2.19 bits per heavy atom. The molecule has 0 amide bonds. The van der Waals surface area contributed by atoms with E-state index in [1.165, 1.54) is 7.11 Å². The van der Waals surface area contributed by atoms with Gasteiger partial charge in [-0.25, -0.2) is 0 Å². The maximum absolute atomic E-state index is 11.2. The number of hydrogen-bond acceptors (Lipinski definition) is 3. The molecule has 1 rings (SSSR count). The van der Waals surface area contributed by atoms with E-state index in [-0.39, 0.29) is 12.4 Å². The molecule has 16 heavy (non-hydrogen) atoms. The number of benzene rings is 1. The molecule has 0 bridgehead atoms. The van der Waals surface area contributed by atoms with Crippen LogP contribution in [0.15, 0.2) is 16.6 Å². The summed E-state index contributed by atoms with van der Waals surface area (Å²) in [4.78, 5) is 11.2. The van der Waals surface area contributed by atoms with Crippen LogP contribution in [0.1, 0.15) is 16.7 Å².